The normalized spacial score (nSPS) is 21.2. The quantitative estimate of drug-likeness (QED) is 0.723. The van der Waals surface area contributed by atoms with Gasteiger partial charge in [0.25, 0.3) is 0 Å². The molecule has 2 nitrogen and oxygen atoms in total. The molecule has 1 atom stereocenters. The van der Waals surface area contributed by atoms with Crippen LogP contribution in [-0.2, 0) is 0 Å². The molecule has 3 N–H and O–H groups in total. The molecule has 3 heteroatoms. The molecule has 1 aliphatic carbocycles. The summed E-state index contributed by atoms with van der Waals surface area (Å²) in [4.78, 5) is 0. The fourth-order valence-electron chi connectivity index (χ4n) is 1.39. The Morgan fingerprint density at radius 1 is 1.31 bits per heavy atom. The number of hydrogen-bond acceptors (Lipinski definition) is 2. The molecule has 13 heavy (non-hydrogen) atoms. The summed E-state index contributed by atoms with van der Waals surface area (Å²) in [7, 11) is 0. The highest BCUT2D eigenvalue weighted by molar-refractivity contribution is 5.24. The highest BCUT2D eigenvalue weighted by atomic mass is 19.1. The van der Waals surface area contributed by atoms with Gasteiger partial charge in [-0.3, -0.25) is 0 Å². The smallest absolute Gasteiger partial charge is 0.123 e. The van der Waals surface area contributed by atoms with E-state index in [1.54, 1.807) is 12.1 Å². The molecule has 2 rings (SSSR count). The summed E-state index contributed by atoms with van der Waals surface area (Å²) in [6.07, 6.45) is 1.02. The van der Waals surface area contributed by atoms with E-state index in [-0.39, 0.29) is 5.82 Å². The molecule has 0 spiro atoms. The van der Waals surface area contributed by atoms with Gasteiger partial charge in [0.2, 0.25) is 0 Å². The van der Waals surface area contributed by atoms with Crippen LogP contribution in [0.1, 0.15) is 24.5 Å². The van der Waals surface area contributed by atoms with Crippen LogP contribution in [0.15, 0.2) is 24.3 Å². The Labute approximate surface area is 76.2 Å². The van der Waals surface area contributed by atoms with Crippen molar-refractivity contribution in [1.29, 1.82) is 0 Å². The molecule has 0 amide bonds. The zero-order valence-corrected chi connectivity index (χ0v) is 7.20. The predicted octanol–water partition coefficient (Wildman–Crippen LogP) is 1.35. The summed E-state index contributed by atoms with van der Waals surface area (Å²) in [5, 5.41) is 9.76. The average molecular weight is 181 g/mol. The first-order chi connectivity index (χ1) is 6.12. The number of hydrogen-bond donors (Lipinski definition) is 2. The minimum Gasteiger partial charge on any atom is -0.386 e. The van der Waals surface area contributed by atoms with E-state index in [0.29, 0.717) is 5.56 Å². The minimum atomic E-state index is -0.659. The van der Waals surface area contributed by atoms with E-state index in [9.17, 15) is 9.50 Å². The van der Waals surface area contributed by atoms with Gasteiger partial charge in [-0.2, -0.15) is 0 Å². The van der Waals surface area contributed by atoms with Crippen LogP contribution in [0.5, 0.6) is 0 Å². The van der Waals surface area contributed by atoms with E-state index in [2.05, 4.69) is 0 Å². The van der Waals surface area contributed by atoms with Crippen LogP contribution in [0.2, 0.25) is 0 Å². The Balaban J connectivity index is 2.20. The molecule has 1 unspecified atom stereocenters. The maximum absolute atomic E-state index is 12.5. The number of aliphatic hydroxyl groups excluding tert-OH is 1. The molecule has 1 saturated carbocycles. The Bertz CT molecular complexity index is 305. The monoisotopic (exact) mass is 181 g/mol. The summed E-state index contributed by atoms with van der Waals surface area (Å²) < 4.78 is 12.5. The molecule has 70 valence electrons. The van der Waals surface area contributed by atoms with Gasteiger partial charge in [-0.15, -0.1) is 0 Å². The summed E-state index contributed by atoms with van der Waals surface area (Å²) in [5.41, 5.74) is 6.05. The lowest BCUT2D eigenvalue weighted by molar-refractivity contribution is 0.136. The van der Waals surface area contributed by atoms with Crippen molar-refractivity contribution < 1.29 is 9.50 Å². The van der Waals surface area contributed by atoms with Gasteiger partial charge in [-0.1, -0.05) is 12.1 Å². The van der Waals surface area contributed by atoms with E-state index in [0.717, 1.165) is 12.8 Å². The number of rotatable bonds is 2. The van der Waals surface area contributed by atoms with Crippen LogP contribution in [0.4, 0.5) is 4.39 Å². The second-order valence-electron chi connectivity index (χ2n) is 3.69. The van der Waals surface area contributed by atoms with Crippen molar-refractivity contribution in [2.75, 3.05) is 0 Å². The second kappa shape index (κ2) is 2.79. The predicted molar refractivity (Wildman–Crippen MR) is 47.5 cm³/mol. The first kappa shape index (κ1) is 8.66. The summed E-state index contributed by atoms with van der Waals surface area (Å²) >= 11 is 0. The Morgan fingerprint density at radius 2 is 1.85 bits per heavy atom. The first-order valence-electron chi connectivity index (χ1n) is 4.34. The van der Waals surface area contributed by atoms with Gasteiger partial charge in [-0.25, -0.2) is 4.39 Å². The Hall–Kier alpha value is -0.930. The molecule has 0 heterocycles. The number of halogens is 1. The maximum Gasteiger partial charge on any atom is 0.123 e. The fraction of sp³-hybridized carbons (Fsp3) is 0.400. The van der Waals surface area contributed by atoms with Crippen LogP contribution < -0.4 is 5.73 Å². The lowest BCUT2D eigenvalue weighted by Gasteiger charge is -2.17. The van der Waals surface area contributed by atoms with Gasteiger partial charge in [0.1, 0.15) is 5.82 Å². The van der Waals surface area contributed by atoms with Gasteiger partial charge in [0, 0.05) is 5.54 Å². The van der Waals surface area contributed by atoms with Crippen molar-refractivity contribution >= 4 is 0 Å². The summed E-state index contributed by atoms with van der Waals surface area (Å²) in [5.74, 6) is -0.294. The lowest BCUT2D eigenvalue weighted by Crippen LogP contribution is -2.30. The number of nitrogens with two attached hydrogens (primary N) is 1. The molecule has 1 aromatic carbocycles. The lowest BCUT2D eigenvalue weighted by atomic mass is 10.0. The van der Waals surface area contributed by atoms with Gasteiger partial charge >= 0.3 is 0 Å². The van der Waals surface area contributed by atoms with Crippen LogP contribution in [0.3, 0.4) is 0 Å². The molecule has 0 radical (unpaired) electrons. The third kappa shape index (κ3) is 1.57. The fourth-order valence-corrected chi connectivity index (χ4v) is 1.39. The zero-order valence-electron chi connectivity index (χ0n) is 7.20. The highest BCUT2D eigenvalue weighted by Gasteiger charge is 2.45. The van der Waals surface area contributed by atoms with E-state index < -0.39 is 11.6 Å². The van der Waals surface area contributed by atoms with Crippen LogP contribution >= 0.6 is 0 Å². The molecule has 0 saturated heterocycles. The molecule has 1 aromatic rings. The van der Waals surface area contributed by atoms with Crippen molar-refractivity contribution in [3.05, 3.63) is 35.6 Å². The molecule has 0 aliphatic heterocycles. The Kier molecular flexibility index (Phi) is 1.86. The van der Waals surface area contributed by atoms with Crippen molar-refractivity contribution in [1.82, 2.24) is 0 Å². The van der Waals surface area contributed by atoms with E-state index >= 15 is 0 Å². The van der Waals surface area contributed by atoms with Crippen molar-refractivity contribution in [2.24, 2.45) is 5.73 Å². The summed E-state index contributed by atoms with van der Waals surface area (Å²) in [6.45, 7) is 0. The largest absolute Gasteiger partial charge is 0.386 e. The highest BCUT2D eigenvalue weighted by Crippen LogP contribution is 2.43. The van der Waals surface area contributed by atoms with Crippen molar-refractivity contribution in [3.63, 3.8) is 0 Å². The molecule has 1 fully saturated rings. The van der Waals surface area contributed by atoms with Gasteiger partial charge in [0.15, 0.2) is 0 Å². The third-order valence-electron chi connectivity index (χ3n) is 2.56. The third-order valence-corrected chi connectivity index (χ3v) is 2.56. The summed E-state index contributed by atoms with van der Waals surface area (Å²) in [6, 6.07) is 5.83. The number of benzene rings is 1. The molecular formula is C10H12FNO. The average Bonchev–Trinajstić information content (AvgIpc) is 2.85. The van der Waals surface area contributed by atoms with Crippen molar-refractivity contribution in [3.8, 4) is 0 Å². The van der Waals surface area contributed by atoms with Crippen LogP contribution in [0, 0.1) is 5.82 Å². The van der Waals surface area contributed by atoms with Crippen LogP contribution in [0.25, 0.3) is 0 Å². The van der Waals surface area contributed by atoms with Gasteiger partial charge < -0.3 is 10.8 Å². The molecular weight excluding hydrogens is 169 g/mol. The Morgan fingerprint density at radius 3 is 2.31 bits per heavy atom. The van der Waals surface area contributed by atoms with Crippen LogP contribution in [-0.4, -0.2) is 10.6 Å². The SMILES string of the molecule is NC1(C(O)c2ccc(F)cc2)CC1. The number of aliphatic hydroxyl groups is 1. The van der Waals surface area contributed by atoms with E-state index in [1.165, 1.54) is 12.1 Å². The first-order valence-corrected chi connectivity index (χ1v) is 4.34. The van der Waals surface area contributed by atoms with E-state index in [4.69, 9.17) is 5.73 Å². The molecule has 0 bridgehead atoms. The van der Waals surface area contributed by atoms with Crippen molar-refractivity contribution in [2.45, 2.75) is 24.5 Å². The molecule has 1 aliphatic rings. The maximum atomic E-state index is 12.5. The van der Waals surface area contributed by atoms with Gasteiger partial charge in [0.05, 0.1) is 6.10 Å². The minimum absolute atomic E-state index is 0.294. The van der Waals surface area contributed by atoms with Gasteiger partial charge in [-0.05, 0) is 30.5 Å². The zero-order chi connectivity index (χ0) is 9.47. The van der Waals surface area contributed by atoms with E-state index in [1.807, 2.05) is 0 Å². The molecule has 0 aromatic heterocycles. The standard InChI is InChI=1S/C10H12FNO/c11-8-3-1-7(2-4-8)9(13)10(12)5-6-10/h1-4,9,13H,5-6,12H2. The second-order valence-corrected chi connectivity index (χ2v) is 3.69. The topological polar surface area (TPSA) is 46.2 Å².